The molecule has 2 aromatic heterocycles. The van der Waals surface area contributed by atoms with E-state index in [1.807, 2.05) is 60.1 Å². The Hall–Kier alpha value is -3.74. The first-order valence-corrected chi connectivity index (χ1v) is 12.0. The summed E-state index contributed by atoms with van der Waals surface area (Å²) >= 11 is 0. The number of para-hydroxylation sites is 1. The third kappa shape index (κ3) is 4.38. The van der Waals surface area contributed by atoms with Gasteiger partial charge >= 0.3 is 0 Å². The summed E-state index contributed by atoms with van der Waals surface area (Å²) in [6.07, 6.45) is 2.66. The Balaban J connectivity index is 1.35. The summed E-state index contributed by atoms with van der Waals surface area (Å²) in [5, 5.41) is 18.1. The molecule has 0 unspecified atom stereocenters. The highest BCUT2D eigenvalue weighted by Crippen LogP contribution is 2.31. The number of aryl methyl sites for hydroxylation is 2. The highest BCUT2D eigenvalue weighted by Gasteiger charge is 2.29. The highest BCUT2D eigenvalue weighted by molar-refractivity contribution is 5.92. The monoisotopic (exact) mass is 454 g/mol. The predicted molar refractivity (Wildman–Crippen MR) is 134 cm³/mol. The molecule has 7 nitrogen and oxygen atoms in total. The molecule has 1 atom stereocenters. The summed E-state index contributed by atoms with van der Waals surface area (Å²) in [5.41, 5.74) is 5.00. The average molecular weight is 455 g/mol. The summed E-state index contributed by atoms with van der Waals surface area (Å²) < 4.78 is 1.96. The molecule has 2 aromatic carbocycles. The Morgan fingerprint density at radius 2 is 1.76 bits per heavy atom. The van der Waals surface area contributed by atoms with Crippen LogP contribution in [0.1, 0.15) is 29.8 Å². The van der Waals surface area contributed by atoms with Crippen molar-refractivity contribution in [2.75, 3.05) is 24.5 Å². The van der Waals surface area contributed by atoms with Crippen molar-refractivity contribution >= 4 is 22.6 Å². The van der Waals surface area contributed by atoms with Crippen LogP contribution < -0.4 is 10.2 Å². The number of piperidine rings is 1. The van der Waals surface area contributed by atoms with Gasteiger partial charge in [0, 0.05) is 19.6 Å². The largest absolute Gasteiger partial charge is 0.355 e. The lowest BCUT2D eigenvalue weighted by Crippen LogP contribution is -2.44. The van der Waals surface area contributed by atoms with Crippen LogP contribution in [0.2, 0.25) is 0 Å². The molecule has 34 heavy (non-hydrogen) atoms. The summed E-state index contributed by atoms with van der Waals surface area (Å²) in [6.45, 7) is 6.16. The van der Waals surface area contributed by atoms with Gasteiger partial charge in [0.25, 0.3) is 0 Å². The third-order valence-corrected chi connectivity index (χ3v) is 6.63. The quantitative estimate of drug-likeness (QED) is 0.476. The smallest absolute Gasteiger partial charge is 0.224 e. The number of amides is 1. The second-order valence-electron chi connectivity index (χ2n) is 8.98. The van der Waals surface area contributed by atoms with Crippen molar-refractivity contribution in [3.05, 3.63) is 77.6 Å². The number of carbonyl (C=O) groups excluding carboxylic acids is 1. The number of carbonyl (C=O) groups is 1. The zero-order valence-corrected chi connectivity index (χ0v) is 19.7. The molecule has 0 aliphatic carbocycles. The molecule has 1 N–H and O–H groups in total. The number of fused-ring (bicyclic) bond motifs is 1. The number of hydrogen-bond donors (Lipinski definition) is 1. The third-order valence-electron chi connectivity index (χ3n) is 6.63. The molecule has 1 amide bonds. The standard InChI is InChI=1S/C27H30N6O/c1-19-24-20(2)33(23-13-7-4-8-14-23)31-25(24)26(30-29-19)32-17-9-12-22(18-32)27(34)28-16-15-21-10-5-3-6-11-21/h3-8,10-11,13-14,22H,9,12,15-18H2,1-2H3,(H,28,34)/t22-/m1/s1. The number of rotatable bonds is 6. The number of anilines is 1. The minimum Gasteiger partial charge on any atom is -0.355 e. The Kier molecular flexibility index (Phi) is 6.25. The Labute approximate surface area is 199 Å². The van der Waals surface area contributed by atoms with Gasteiger partial charge in [-0.3, -0.25) is 4.79 Å². The van der Waals surface area contributed by atoms with Crippen molar-refractivity contribution in [3.8, 4) is 5.69 Å². The van der Waals surface area contributed by atoms with Crippen LogP contribution in [0.15, 0.2) is 60.7 Å². The van der Waals surface area contributed by atoms with Gasteiger partial charge in [-0.2, -0.15) is 10.2 Å². The van der Waals surface area contributed by atoms with Crippen LogP contribution in [-0.4, -0.2) is 45.5 Å². The maximum atomic E-state index is 12.9. The number of nitrogens with one attached hydrogen (secondary N) is 1. The van der Waals surface area contributed by atoms with E-state index in [-0.39, 0.29) is 11.8 Å². The zero-order chi connectivity index (χ0) is 23.5. The van der Waals surface area contributed by atoms with Crippen molar-refractivity contribution < 1.29 is 4.79 Å². The van der Waals surface area contributed by atoms with E-state index >= 15 is 0 Å². The maximum Gasteiger partial charge on any atom is 0.224 e. The van der Waals surface area contributed by atoms with E-state index in [1.165, 1.54) is 5.56 Å². The topological polar surface area (TPSA) is 75.9 Å². The first-order valence-electron chi connectivity index (χ1n) is 12.0. The van der Waals surface area contributed by atoms with Crippen LogP contribution >= 0.6 is 0 Å². The van der Waals surface area contributed by atoms with E-state index in [2.05, 4.69) is 39.5 Å². The van der Waals surface area contributed by atoms with Gasteiger partial charge in [0.15, 0.2) is 5.82 Å². The number of aromatic nitrogens is 4. The van der Waals surface area contributed by atoms with Crippen LogP contribution in [0.5, 0.6) is 0 Å². The number of benzene rings is 2. The molecular formula is C27H30N6O. The van der Waals surface area contributed by atoms with Gasteiger partial charge in [-0.25, -0.2) is 4.68 Å². The summed E-state index contributed by atoms with van der Waals surface area (Å²) in [7, 11) is 0. The molecule has 5 rings (SSSR count). The molecule has 3 heterocycles. The lowest BCUT2D eigenvalue weighted by Gasteiger charge is -2.32. The van der Waals surface area contributed by atoms with Crippen molar-refractivity contribution in [1.29, 1.82) is 0 Å². The molecule has 0 radical (unpaired) electrons. The second kappa shape index (κ2) is 9.63. The van der Waals surface area contributed by atoms with Crippen molar-refractivity contribution in [1.82, 2.24) is 25.3 Å². The van der Waals surface area contributed by atoms with Gasteiger partial charge in [-0.1, -0.05) is 48.5 Å². The van der Waals surface area contributed by atoms with Crippen LogP contribution in [0.4, 0.5) is 5.82 Å². The van der Waals surface area contributed by atoms with Gasteiger partial charge in [-0.05, 0) is 50.8 Å². The normalized spacial score (nSPS) is 16.1. The Morgan fingerprint density at radius 3 is 2.53 bits per heavy atom. The molecule has 0 bridgehead atoms. The Morgan fingerprint density at radius 1 is 1.03 bits per heavy atom. The predicted octanol–water partition coefficient (Wildman–Crippen LogP) is 4.01. The summed E-state index contributed by atoms with van der Waals surface area (Å²) in [5.74, 6) is 0.808. The van der Waals surface area contributed by atoms with Crippen LogP contribution in [0, 0.1) is 19.8 Å². The molecule has 4 aromatic rings. The van der Waals surface area contributed by atoms with Gasteiger partial charge < -0.3 is 10.2 Å². The highest BCUT2D eigenvalue weighted by atomic mass is 16.1. The molecule has 0 spiro atoms. The lowest BCUT2D eigenvalue weighted by atomic mass is 9.97. The average Bonchev–Trinajstić information content (AvgIpc) is 3.23. The minimum atomic E-state index is -0.0695. The fourth-order valence-corrected chi connectivity index (χ4v) is 4.85. The van der Waals surface area contributed by atoms with E-state index in [9.17, 15) is 4.79 Å². The summed E-state index contributed by atoms with van der Waals surface area (Å²) in [6, 6.07) is 20.4. The van der Waals surface area contributed by atoms with E-state index in [0.717, 1.165) is 59.6 Å². The van der Waals surface area contributed by atoms with Crippen LogP contribution in [-0.2, 0) is 11.2 Å². The van der Waals surface area contributed by atoms with Gasteiger partial charge in [-0.15, -0.1) is 5.10 Å². The van der Waals surface area contributed by atoms with Gasteiger partial charge in [0.05, 0.1) is 28.4 Å². The SMILES string of the molecule is Cc1nnc(N2CCC[C@@H](C(=O)NCCc3ccccc3)C2)c2nn(-c3ccccc3)c(C)c12. The van der Waals surface area contributed by atoms with Gasteiger partial charge in [0.1, 0.15) is 5.52 Å². The lowest BCUT2D eigenvalue weighted by molar-refractivity contribution is -0.125. The van der Waals surface area contributed by atoms with Crippen LogP contribution in [0.3, 0.4) is 0 Å². The molecule has 1 saturated heterocycles. The molecule has 7 heteroatoms. The molecule has 1 aliphatic rings. The van der Waals surface area contributed by atoms with Crippen LogP contribution in [0.25, 0.3) is 16.6 Å². The van der Waals surface area contributed by atoms with E-state index in [0.29, 0.717) is 13.1 Å². The molecule has 1 fully saturated rings. The van der Waals surface area contributed by atoms with Crippen molar-refractivity contribution in [2.24, 2.45) is 5.92 Å². The molecule has 174 valence electrons. The van der Waals surface area contributed by atoms with Gasteiger partial charge in [0.2, 0.25) is 5.91 Å². The fourth-order valence-electron chi connectivity index (χ4n) is 4.85. The van der Waals surface area contributed by atoms with E-state index < -0.39 is 0 Å². The second-order valence-corrected chi connectivity index (χ2v) is 8.98. The van der Waals surface area contributed by atoms with E-state index in [1.54, 1.807) is 0 Å². The van der Waals surface area contributed by atoms with Crippen molar-refractivity contribution in [3.63, 3.8) is 0 Å². The number of nitrogens with zero attached hydrogens (tertiary/aromatic N) is 5. The molecule has 0 saturated carbocycles. The first kappa shape index (κ1) is 22.1. The summed E-state index contributed by atoms with van der Waals surface area (Å²) in [4.78, 5) is 15.1. The van der Waals surface area contributed by atoms with Crippen molar-refractivity contribution in [2.45, 2.75) is 33.1 Å². The maximum absolute atomic E-state index is 12.9. The fraction of sp³-hybridized carbons (Fsp3) is 0.333. The molecular weight excluding hydrogens is 424 g/mol. The minimum absolute atomic E-state index is 0.0695. The Bertz CT molecular complexity index is 1280. The zero-order valence-electron chi connectivity index (χ0n) is 19.7. The molecule has 1 aliphatic heterocycles. The van der Waals surface area contributed by atoms with E-state index in [4.69, 9.17) is 5.10 Å². The number of hydrogen-bond acceptors (Lipinski definition) is 5. The first-order chi connectivity index (χ1) is 16.6.